The van der Waals surface area contributed by atoms with Crippen LogP contribution in [0.15, 0.2) is 18.2 Å². The summed E-state index contributed by atoms with van der Waals surface area (Å²) < 4.78 is 5.81. The van der Waals surface area contributed by atoms with Gasteiger partial charge in [-0.25, -0.2) is 0 Å². The van der Waals surface area contributed by atoms with Crippen LogP contribution in [-0.2, 0) is 11.3 Å². The van der Waals surface area contributed by atoms with Gasteiger partial charge in [0.2, 0.25) is 0 Å². The maximum absolute atomic E-state index is 5.95. The molecule has 0 spiro atoms. The van der Waals surface area contributed by atoms with Gasteiger partial charge in [-0.3, -0.25) is 0 Å². The van der Waals surface area contributed by atoms with Crippen molar-refractivity contribution in [1.29, 1.82) is 0 Å². The summed E-state index contributed by atoms with van der Waals surface area (Å²) >= 11 is 11.8. The van der Waals surface area contributed by atoms with Crippen molar-refractivity contribution in [1.82, 2.24) is 5.32 Å². The average Bonchev–Trinajstić information content (AvgIpc) is 2.26. The molecule has 4 heteroatoms. The third-order valence-corrected chi connectivity index (χ3v) is 3.89. The lowest BCUT2D eigenvalue weighted by molar-refractivity contribution is -0.0391. The van der Waals surface area contributed by atoms with Crippen LogP contribution in [0.25, 0.3) is 0 Å². The minimum absolute atomic E-state index is 0.405. The topological polar surface area (TPSA) is 21.3 Å². The Bertz CT molecular complexity index is 378. The van der Waals surface area contributed by atoms with Gasteiger partial charge < -0.3 is 10.1 Å². The number of halogens is 2. The van der Waals surface area contributed by atoms with Gasteiger partial charge in [-0.05, 0) is 50.0 Å². The lowest BCUT2D eigenvalue weighted by Crippen LogP contribution is -2.36. The predicted octanol–water partition coefficient (Wildman–Crippen LogP) is 3.51. The van der Waals surface area contributed by atoms with Crippen LogP contribution < -0.4 is 5.32 Å². The van der Waals surface area contributed by atoms with E-state index in [2.05, 4.69) is 5.32 Å². The van der Waals surface area contributed by atoms with Crippen molar-refractivity contribution >= 4 is 23.2 Å². The molecule has 2 nitrogen and oxygen atoms in total. The number of benzene rings is 1. The number of nitrogens with one attached hydrogen (secondary N) is 1. The third kappa shape index (κ3) is 3.59. The Balaban J connectivity index is 1.74. The molecule has 0 heterocycles. The van der Waals surface area contributed by atoms with E-state index in [1.165, 1.54) is 0 Å². The molecule has 0 unspecified atom stereocenters. The second-order valence-corrected chi connectivity index (χ2v) is 5.39. The molecule has 1 fully saturated rings. The van der Waals surface area contributed by atoms with Crippen molar-refractivity contribution in [2.75, 3.05) is 13.6 Å². The van der Waals surface area contributed by atoms with Gasteiger partial charge in [-0.15, -0.1) is 0 Å². The maximum atomic E-state index is 5.95. The van der Waals surface area contributed by atoms with E-state index >= 15 is 0 Å². The molecule has 17 heavy (non-hydrogen) atoms. The van der Waals surface area contributed by atoms with Crippen molar-refractivity contribution in [2.45, 2.75) is 25.6 Å². The van der Waals surface area contributed by atoms with Gasteiger partial charge in [0, 0.05) is 0 Å². The highest BCUT2D eigenvalue weighted by Gasteiger charge is 2.28. The number of hydrogen-bond donors (Lipinski definition) is 1. The SMILES string of the molecule is CNCC1CC(OCc2ccc(Cl)c(Cl)c2)C1. The molecule has 1 aliphatic carbocycles. The molecule has 94 valence electrons. The Morgan fingerprint density at radius 1 is 1.29 bits per heavy atom. The fourth-order valence-electron chi connectivity index (χ4n) is 2.11. The summed E-state index contributed by atoms with van der Waals surface area (Å²) in [5.41, 5.74) is 1.08. The van der Waals surface area contributed by atoms with Crippen molar-refractivity contribution < 1.29 is 4.74 Å². The highest BCUT2D eigenvalue weighted by atomic mass is 35.5. The molecule has 1 saturated carbocycles. The van der Waals surface area contributed by atoms with E-state index < -0.39 is 0 Å². The van der Waals surface area contributed by atoms with E-state index in [1.807, 2.05) is 25.2 Å². The van der Waals surface area contributed by atoms with E-state index in [1.54, 1.807) is 0 Å². The first-order valence-corrected chi connectivity index (χ1v) is 6.64. The Morgan fingerprint density at radius 3 is 2.71 bits per heavy atom. The van der Waals surface area contributed by atoms with E-state index in [0.717, 1.165) is 30.9 Å². The summed E-state index contributed by atoms with van der Waals surface area (Å²) in [6.07, 6.45) is 2.72. The van der Waals surface area contributed by atoms with E-state index in [4.69, 9.17) is 27.9 Å². The molecule has 1 aromatic carbocycles. The van der Waals surface area contributed by atoms with Crippen molar-refractivity contribution in [3.8, 4) is 0 Å². The Morgan fingerprint density at radius 2 is 2.06 bits per heavy atom. The molecule has 0 aromatic heterocycles. The molecule has 1 N–H and O–H groups in total. The second-order valence-electron chi connectivity index (χ2n) is 4.58. The smallest absolute Gasteiger partial charge is 0.0721 e. The van der Waals surface area contributed by atoms with Crippen molar-refractivity contribution in [3.05, 3.63) is 33.8 Å². The molecule has 0 saturated heterocycles. The summed E-state index contributed by atoms with van der Waals surface area (Å²) in [5, 5.41) is 4.37. The lowest BCUT2D eigenvalue weighted by atomic mass is 9.82. The number of ether oxygens (including phenoxy) is 1. The summed E-state index contributed by atoms with van der Waals surface area (Å²) in [6.45, 7) is 1.71. The molecular weight excluding hydrogens is 257 g/mol. The van der Waals surface area contributed by atoms with Crippen LogP contribution in [0.1, 0.15) is 18.4 Å². The summed E-state index contributed by atoms with van der Waals surface area (Å²) in [5.74, 6) is 0.777. The van der Waals surface area contributed by atoms with Crippen LogP contribution in [0.4, 0.5) is 0 Å². The minimum Gasteiger partial charge on any atom is -0.374 e. The average molecular weight is 274 g/mol. The zero-order valence-corrected chi connectivity index (χ0v) is 11.4. The molecule has 0 aliphatic heterocycles. The second kappa shape index (κ2) is 6.05. The largest absolute Gasteiger partial charge is 0.374 e. The van der Waals surface area contributed by atoms with Crippen LogP contribution in [0.5, 0.6) is 0 Å². The highest BCUT2D eigenvalue weighted by molar-refractivity contribution is 6.41. The normalized spacial score (nSPS) is 23.5. The van der Waals surface area contributed by atoms with Crippen molar-refractivity contribution in [2.24, 2.45) is 5.92 Å². The van der Waals surface area contributed by atoms with Crippen LogP contribution >= 0.6 is 23.2 Å². The standard InChI is InChI=1S/C13H17Cl2NO/c1-16-7-10-4-11(5-10)17-8-9-2-3-12(14)13(15)6-9/h2-3,6,10-11,16H,4-5,7-8H2,1H3. The highest BCUT2D eigenvalue weighted by Crippen LogP contribution is 2.30. The van der Waals surface area contributed by atoms with Gasteiger partial charge in [0.1, 0.15) is 0 Å². The summed E-state index contributed by atoms with van der Waals surface area (Å²) in [7, 11) is 1.99. The van der Waals surface area contributed by atoms with E-state index in [0.29, 0.717) is 22.8 Å². The minimum atomic E-state index is 0.405. The number of hydrogen-bond acceptors (Lipinski definition) is 2. The molecule has 0 amide bonds. The quantitative estimate of drug-likeness (QED) is 0.887. The summed E-state index contributed by atoms with van der Waals surface area (Å²) in [6, 6.07) is 5.64. The van der Waals surface area contributed by atoms with Gasteiger partial charge in [-0.2, -0.15) is 0 Å². The zero-order valence-electron chi connectivity index (χ0n) is 9.88. The first-order chi connectivity index (χ1) is 8.19. The molecule has 2 rings (SSSR count). The molecule has 1 aliphatic rings. The van der Waals surface area contributed by atoms with Gasteiger partial charge in [0.25, 0.3) is 0 Å². The predicted molar refractivity (Wildman–Crippen MR) is 71.7 cm³/mol. The van der Waals surface area contributed by atoms with E-state index in [9.17, 15) is 0 Å². The van der Waals surface area contributed by atoms with Gasteiger partial charge in [0.15, 0.2) is 0 Å². The summed E-state index contributed by atoms with van der Waals surface area (Å²) in [4.78, 5) is 0. The first kappa shape index (κ1) is 13.2. The third-order valence-electron chi connectivity index (χ3n) is 3.15. The number of rotatable bonds is 5. The lowest BCUT2D eigenvalue weighted by Gasteiger charge is -2.35. The van der Waals surface area contributed by atoms with Crippen LogP contribution in [0.3, 0.4) is 0 Å². The monoisotopic (exact) mass is 273 g/mol. The fraction of sp³-hybridized carbons (Fsp3) is 0.538. The Labute approximate surface area is 112 Å². The van der Waals surface area contributed by atoms with Crippen LogP contribution in [-0.4, -0.2) is 19.7 Å². The first-order valence-electron chi connectivity index (χ1n) is 5.89. The molecular formula is C13H17Cl2NO. The fourth-order valence-corrected chi connectivity index (χ4v) is 2.43. The van der Waals surface area contributed by atoms with Crippen LogP contribution in [0, 0.1) is 5.92 Å². The molecule has 0 atom stereocenters. The molecule has 1 aromatic rings. The molecule has 0 radical (unpaired) electrons. The molecule has 0 bridgehead atoms. The maximum Gasteiger partial charge on any atom is 0.0721 e. The van der Waals surface area contributed by atoms with Gasteiger partial charge >= 0.3 is 0 Å². The Kier molecular flexibility index (Phi) is 4.69. The Hall–Kier alpha value is -0.280. The zero-order chi connectivity index (χ0) is 12.3. The van der Waals surface area contributed by atoms with Crippen molar-refractivity contribution in [3.63, 3.8) is 0 Å². The van der Waals surface area contributed by atoms with Gasteiger partial charge in [0.05, 0.1) is 22.8 Å². The van der Waals surface area contributed by atoms with Crippen LogP contribution in [0.2, 0.25) is 10.0 Å². The van der Waals surface area contributed by atoms with Gasteiger partial charge in [-0.1, -0.05) is 29.3 Å². The van der Waals surface area contributed by atoms with E-state index in [-0.39, 0.29) is 0 Å².